The summed E-state index contributed by atoms with van der Waals surface area (Å²) in [6.45, 7) is 0. The van der Waals surface area contributed by atoms with Crippen molar-refractivity contribution in [3.05, 3.63) is 293 Å². The molecule has 4 heteroatoms. The maximum absolute atomic E-state index is 6.68. The number of para-hydroxylation sites is 3. The van der Waals surface area contributed by atoms with Gasteiger partial charge in [0.05, 0.1) is 10.8 Å². The number of nitrogens with zero attached hydrogens (tertiary/aromatic N) is 1. The Hall–Kier alpha value is -8.83. The van der Waals surface area contributed by atoms with E-state index in [4.69, 9.17) is 9.15 Å². The van der Waals surface area contributed by atoms with Crippen molar-refractivity contribution >= 4 is 50.8 Å². The number of hydrogen-bond donors (Lipinski definition) is 0. The van der Waals surface area contributed by atoms with Gasteiger partial charge in [-0.15, -0.1) is 0 Å². The number of ether oxygens (including phenoxy) is 1. The van der Waals surface area contributed by atoms with Crippen molar-refractivity contribution in [1.29, 1.82) is 0 Å². The Labute approximate surface area is 421 Å². The zero-order valence-corrected chi connectivity index (χ0v) is 39.7. The number of anilines is 3. The molecule has 336 valence electrons. The quantitative estimate of drug-likeness (QED) is 0.176. The molecule has 16 rings (SSSR count). The van der Waals surface area contributed by atoms with Crippen LogP contribution in [0.1, 0.15) is 44.5 Å². The number of benzene rings is 11. The van der Waals surface area contributed by atoms with E-state index >= 15 is 0 Å². The molecular formula is C68H41NO2S. The summed E-state index contributed by atoms with van der Waals surface area (Å²) in [5.74, 6) is 1.78. The minimum atomic E-state index is -0.555. The lowest BCUT2D eigenvalue weighted by atomic mass is 9.66. The maximum atomic E-state index is 6.68. The number of fused-ring (bicyclic) bond motifs is 21. The van der Waals surface area contributed by atoms with E-state index in [-0.39, 0.29) is 0 Å². The minimum absolute atomic E-state index is 0.460. The van der Waals surface area contributed by atoms with Crippen LogP contribution in [0.4, 0.5) is 17.1 Å². The van der Waals surface area contributed by atoms with E-state index in [2.05, 4.69) is 241 Å². The minimum Gasteiger partial charge on any atom is -0.457 e. The van der Waals surface area contributed by atoms with Crippen LogP contribution < -0.4 is 9.64 Å². The highest BCUT2D eigenvalue weighted by Crippen LogP contribution is 2.65. The van der Waals surface area contributed by atoms with E-state index in [1.54, 1.807) is 0 Å². The van der Waals surface area contributed by atoms with Gasteiger partial charge < -0.3 is 14.1 Å². The lowest BCUT2D eigenvalue weighted by Crippen LogP contribution is -2.32. The fourth-order valence-corrected chi connectivity index (χ4v) is 14.3. The van der Waals surface area contributed by atoms with E-state index in [0.717, 1.165) is 72.8 Å². The van der Waals surface area contributed by atoms with Gasteiger partial charge in [-0.05, 0) is 146 Å². The summed E-state index contributed by atoms with van der Waals surface area (Å²) in [4.78, 5) is 5.06. The molecule has 1 aromatic heterocycles. The molecule has 3 heterocycles. The van der Waals surface area contributed by atoms with Gasteiger partial charge in [0, 0.05) is 48.8 Å². The van der Waals surface area contributed by atoms with E-state index in [9.17, 15) is 0 Å². The van der Waals surface area contributed by atoms with Gasteiger partial charge in [-0.3, -0.25) is 0 Å². The van der Waals surface area contributed by atoms with Crippen LogP contribution in [-0.2, 0) is 10.8 Å². The molecule has 11 aromatic carbocycles. The van der Waals surface area contributed by atoms with Crippen molar-refractivity contribution in [2.45, 2.75) is 20.6 Å². The summed E-state index contributed by atoms with van der Waals surface area (Å²) < 4.78 is 12.9. The Bertz CT molecular complexity index is 3970. The van der Waals surface area contributed by atoms with Crippen molar-refractivity contribution in [1.82, 2.24) is 0 Å². The summed E-state index contributed by atoms with van der Waals surface area (Å²) in [5, 5.41) is 2.25. The third-order valence-corrected chi connectivity index (χ3v) is 17.2. The van der Waals surface area contributed by atoms with Crippen molar-refractivity contribution < 1.29 is 9.15 Å². The highest BCUT2D eigenvalue weighted by atomic mass is 32.2. The molecule has 0 bridgehead atoms. The first-order valence-electron chi connectivity index (χ1n) is 24.7. The molecule has 0 atom stereocenters. The van der Waals surface area contributed by atoms with Gasteiger partial charge >= 0.3 is 0 Å². The molecule has 2 spiro atoms. The van der Waals surface area contributed by atoms with Crippen LogP contribution in [0, 0.1) is 0 Å². The second-order valence-electron chi connectivity index (χ2n) is 19.4. The van der Waals surface area contributed by atoms with Gasteiger partial charge in [-0.2, -0.15) is 0 Å². The first kappa shape index (κ1) is 40.0. The highest BCUT2D eigenvalue weighted by molar-refractivity contribution is 7.99. The Morgan fingerprint density at radius 3 is 1.36 bits per heavy atom. The van der Waals surface area contributed by atoms with E-state index in [1.165, 1.54) is 65.4 Å². The zero-order valence-electron chi connectivity index (χ0n) is 38.8. The molecule has 3 nitrogen and oxygen atoms in total. The Kier molecular flexibility index (Phi) is 8.24. The Balaban J connectivity index is 0.915. The monoisotopic (exact) mass is 935 g/mol. The second kappa shape index (κ2) is 14.8. The van der Waals surface area contributed by atoms with Crippen LogP contribution in [0.2, 0.25) is 0 Å². The van der Waals surface area contributed by atoms with Gasteiger partial charge in [0.2, 0.25) is 0 Å². The molecule has 0 saturated heterocycles. The molecule has 0 amide bonds. The Morgan fingerprint density at radius 1 is 0.306 bits per heavy atom. The topological polar surface area (TPSA) is 25.6 Å². The highest BCUT2D eigenvalue weighted by Gasteiger charge is 2.52. The van der Waals surface area contributed by atoms with Crippen LogP contribution in [0.5, 0.6) is 11.5 Å². The molecule has 0 radical (unpaired) electrons. The van der Waals surface area contributed by atoms with Crippen LogP contribution in [-0.4, -0.2) is 0 Å². The van der Waals surface area contributed by atoms with Crippen molar-refractivity contribution in [3.8, 4) is 44.9 Å². The number of furan rings is 1. The largest absolute Gasteiger partial charge is 0.457 e. The van der Waals surface area contributed by atoms with Crippen LogP contribution in [0.25, 0.3) is 55.3 Å². The van der Waals surface area contributed by atoms with Gasteiger partial charge in [-0.25, -0.2) is 0 Å². The zero-order chi connectivity index (χ0) is 47.1. The summed E-state index contributed by atoms with van der Waals surface area (Å²) in [5.41, 5.74) is 21.4. The third-order valence-electron chi connectivity index (χ3n) is 16.0. The van der Waals surface area contributed by atoms with E-state index in [1.807, 2.05) is 23.9 Å². The van der Waals surface area contributed by atoms with Crippen LogP contribution in [0.3, 0.4) is 0 Å². The number of hydrogen-bond acceptors (Lipinski definition) is 4. The SMILES string of the molecule is c1ccc2c(c1)Oc1ccccc1C21c2ccccc2-c2cc(N(c3ccc(-c4ccc5oc6ccccc6c5c4)cc3)c3ccc4c(c3)-c3ccccc3C43c4ccccc4Sc4ccccc43)ccc21. The average Bonchev–Trinajstić information content (AvgIpc) is 4.06. The lowest BCUT2D eigenvalue weighted by molar-refractivity contribution is 0.436. The predicted octanol–water partition coefficient (Wildman–Crippen LogP) is 18.0. The molecule has 0 fully saturated rings. The fraction of sp³-hybridized carbons (Fsp3) is 0.0294. The summed E-state index contributed by atoms with van der Waals surface area (Å²) >= 11 is 1.88. The van der Waals surface area contributed by atoms with Gasteiger partial charge in [0.25, 0.3) is 0 Å². The fourth-order valence-electron chi connectivity index (χ4n) is 13.1. The molecule has 72 heavy (non-hydrogen) atoms. The predicted molar refractivity (Wildman–Crippen MR) is 293 cm³/mol. The molecule has 4 aliphatic rings. The first-order chi connectivity index (χ1) is 35.7. The normalized spacial score (nSPS) is 14.4. The summed E-state index contributed by atoms with van der Waals surface area (Å²) in [6, 6.07) is 91.7. The van der Waals surface area contributed by atoms with Gasteiger partial charge in [0.15, 0.2) is 0 Å². The van der Waals surface area contributed by atoms with Crippen molar-refractivity contribution in [2.24, 2.45) is 0 Å². The summed E-state index contributed by atoms with van der Waals surface area (Å²) in [6.07, 6.45) is 0. The van der Waals surface area contributed by atoms with Gasteiger partial charge in [0.1, 0.15) is 22.7 Å². The molecule has 2 aliphatic carbocycles. The average molecular weight is 936 g/mol. The molecule has 2 aliphatic heterocycles. The first-order valence-corrected chi connectivity index (χ1v) is 25.5. The molecule has 0 saturated carbocycles. The summed E-state index contributed by atoms with van der Waals surface area (Å²) in [7, 11) is 0. The molecule has 0 N–H and O–H groups in total. The third kappa shape index (κ3) is 5.26. The van der Waals surface area contributed by atoms with Crippen LogP contribution in [0.15, 0.2) is 263 Å². The van der Waals surface area contributed by atoms with Crippen molar-refractivity contribution in [2.75, 3.05) is 4.90 Å². The standard InChI is InChI=1S/C68H41NO2S/c1-4-18-53-47(15-1)50-40-45(34-36-55(50)67(53)57-20-6-11-25-63(57)71-64-26-12-7-21-58(64)67)69(44-32-29-42(30-33-44)43-31-38-62-52(39-43)49-17-3-10-24-61(49)70-62)46-35-37-56-51(41-46)48-16-2-5-19-54(48)68(56)59-22-8-13-27-65(59)72-66-28-14-9-23-60(66)68/h1-41H. The van der Waals surface area contributed by atoms with Crippen molar-refractivity contribution in [3.63, 3.8) is 0 Å². The maximum Gasteiger partial charge on any atom is 0.135 e. The number of rotatable bonds is 4. The molecular weight excluding hydrogens is 895 g/mol. The van der Waals surface area contributed by atoms with Gasteiger partial charge in [-0.1, -0.05) is 182 Å². The smallest absolute Gasteiger partial charge is 0.135 e. The molecule has 12 aromatic rings. The van der Waals surface area contributed by atoms with E-state index < -0.39 is 10.8 Å². The molecule has 0 unspecified atom stereocenters. The lowest BCUT2D eigenvalue weighted by Gasteiger charge is -2.39. The second-order valence-corrected chi connectivity index (χ2v) is 20.5. The Morgan fingerprint density at radius 2 is 0.750 bits per heavy atom. The van der Waals surface area contributed by atoms with E-state index in [0.29, 0.717) is 0 Å². The van der Waals surface area contributed by atoms with Crippen LogP contribution >= 0.6 is 11.8 Å².